The number of ketones is 1. The molecule has 0 amide bonds. The van der Waals surface area contributed by atoms with Crippen molar-refractivity contribution in [3.63, 3.8) is 0 Å². The van der Waals surface area contributed by atoms with Crippen LogP contribution in [0.3, 0.4) is 0 Å². The first-order valence-corrected chi connectivity index (χ1v) is 7.26. The Morgan fingerprint density at radius 3 is 2.50 bits per heavy atom. The van der Waals surface area contributed by atoms with Gasteiger partial charge >= 0.3 is 0 Å². The molecule has 0 N–H and O–H groups in total. The van der Waals surface area contributed by atoms with E-state index in [-0.39, 0.29) is 7.43 Å². The summed E-state index contributed by atoms with van der Waals surface area (Å²) in [4.78, 5) is 14.7. The van der Waals surface area contributed by atoms with Crippen molar-refractivity contribution in [1.82, 2.24) is 4.90 Å². The van der Waals surface area contributed by atoms with E-state index < -0.39 is 0 Å². The van der Waals surface area contributed by atoms with Gasteiger partial charge in [-0.05, 0) is 50.6 Å². The summed E-state index contributed by atoms with van der Waals surface area (Å²) in [6.07, 6.45) is 11.8. The lowest BCUT2D eigenvalue weighted by Gasteiger charge is -2.27. The molecule has 3 atom stereocenters. The van der Waals surface area contributed by atoms with Crippen LogP contribution in [0, 0.1) is 17.8 Å². The topological polar surface area (TPSA) is 20.3 Å². The number of hydrogen-bond acceptors (Lipinski definition) is 2. The molecule has 1 aliphatic heterocycles. The van der Waals surface area contributed by atoms with E-state index in [4.69, 9.17) is 0 Å². The Morgan fingerprint density at radius 1 is 1.11 bits per heavy atom. The maximum atomic E-state index is 12.2. The van der Waals surface area contributed by atoms with Crippen molar-refractivity contribution in [2.45, 2.75) is 46.0 Å². The number of carbonyl (C=O) groups excluding carboxylic acids is 1. The van der Waals surface area contributed by atoms with Gasteiger partial charge in [0, 0.05) is 18.9 Å². The fraction of sp³-hybridized carbons (Fsp3) is 0.812. The molecule has 2 fully saturated rings. The second-order valence-electron chi connectivity index (χ2n) is 6.01. The van der Waals surface area contributed by atoms with E-state index in [1.54, 1.807) is 0 Å². The molecule has 3 unspecified atom stereocenters. The van der Waals surface area contributed by atoms with Gasteiger partial charge in [0.2, 0.25) is 0 Å². The molecule has 2 heteroatoms. The minimum Gasteiger partial charge on any atom is -0.303 e. The number of rotatable bonds is 4. The lowest BCUT2D eigenvalue weighted by molar-refractivity contribution is -0.123. The lowest BCUT2D eigenvalue weighted by atomic mass is 9.88. The van der Waals surface area contributed by atoms with Gasteiger partial charge in [-0.25, -0.2) is 0 Å². The Labute approximate surface area is 111 Å². The summed E-state index contributed by atoms with van der Waals surface area (Å²) in [5, 5.41) is 0. The van der Waals surface area contributed by atoms with Crippen molar-refractivity contribution < 1.29 is 4.79 Å². The van der Waals surface area contributed by atoms with Crippen LogP contribution < -0.4 is 0 Å². The molecule has 0 radical (unpaired) electrons. The van der Waals surface area contributed by atoms with Crippen molar-refractivity contribution in [3.05, 3.63) is 12.2 Å². The van der Waals surface area contributed by atoms with Crippen molar-refractivity contribution in [2.75, 3.05) is 19.6 Å². The summed E-state index contributed by atoms with van der Waals surface area (Å²) in [5.74, 6) is 2.22. The zero-order chi connectivity index (χ0) is 11.7. The monoisotopic (exact) mass is 249 g/mol. The largest absolute Gasteiger partial charge is 0.303 e. The molecular weight excluding hydrogens is 222 g/mol. The molecule has 2 bridgehead atoms. The fourth-order valence-corrected chi connectivity index (χ4v) is 3.79. The van der Waals surface area contributed by atoms with Crippen LogP contribution in [0.1, 0.15) is 46.0 Å². The van der Waals surface area contributed by atoms with Gasteiger partial charge in [-0.15, -0.1) is 0 Å². The number of Topliss-reactive ketones (excluding diaryl/α,β-unsaturated/α-hetero) is 1. The first kappa shape index (κ1) is 13.8. The lowest BCUT2D eigenvalue weighted by Crippen LogP contribution is -2.33. The zero-order valence-corrected chi connectivity index (χ0v) is 10.6. The minimum atomic E-state index is 0. The molecule has 2 nitrogen and oxygen atoms in total. The summed E-state index contributed by atoms with van der Waals surface area (Å²) in [6.45, 7) is 3.43. The average molecular weight is 249 g/mol. The molecule has 1 saturated carbocycles. The van der Waals surface area contributed by atoms with Crippen LogP contribution in [0.25, 0.3) is 0 Å². The van der Waals surface area contributed by atoms with E-state index in [2.05, 4.69) is 17.1 Å². The van der Waals surface area contributed by atoms with Crippen LogP contribution in [0.15, 0.2) is 12.2 Å². The van der Waals surface area contributed by atoms with Crippen LogP contribution in [-0.2, 0) is 4.79 Å². The summed E-state index contributed by atoms with van der Waals surface area (Å²) in [6, 6.07) is 0. The Morgan fingerprint density at radius 2 is 1.89 bits per heavy atom. The molecule has 3 aliphatic rings. The van der Waals surface area contributed by atoms with Gasteiger partial charge in [0.05, 0.1) is 0 Å². The Bertz CT molecular complexity index is 317. The fourth-order valence-electron chi connectivity index (χ4n) is 3.79. The standard InChI is InChI=1S/C15H23NO.CH4/c17-15(6-9-16-7-2-1-3-8-16)14-11-12-4-5-13(14)10-12;/h4-5,12-14H,1-3,6-11H2;1H4. The molecule has 0 aromatic carbocycles. The molecule has 0 spiro atoms. The van der Waals surface area contributed by atoms with Crippen LogP contribution in [-0.4, -0.2) is 30.3 Å². The molecule has 18 heavy (non-hydrogen) atoms. The molecule has 0 aromatic rings. The number of likely N-dealkylation sites (tertiary alicyclic amines) is 1. The smallest absolute Gasteiger partial charge is 0.137 e. The number of fused-ring (bicyclic) bond motifs is 2. The number of allylic oxidation sites excluding steroid dienone is 2. The van der Waals surface area contributed by atoms with Crippen molar-refractivity contribution in [3.8, 4) is 0 Å². The SMILES string of the molecule is C.O=C(CCN1CCCCC1)C1CC2C=CC1C2. The van der Waals surface area contributed by atoms with Crippen LogP contribution in [0.4, 0.5) is 0 Å². The predicted octanol–water partition coefficient (Wildman–Crippen LogP) is 3.28. The van der Waals surface area contributed by atoms with E-state index in [1.807, 2.05) is 0 Å². The number of carbonyl (C=O) groups is 1. The van der Waals surface area contributed by atoms with Gasteiger partial charge in [0.15, 0.2) is 0 Å². The highest BCUT2D eigenvalue weighted by Gasteiger charge is 2.39. The number of hydrogen-bond donors (Lipinski definition) is 0. The third-order valence-electron chi connectivity index (χ3n) is 4.82. The van der Waals surface area contributed by atoms with E-state index >= 15 is 0 Å². The second-order valence-corrected chi connectivity index (χ2v) is 6.01. The highest BCUT2D eigenvalue weighted by Crippen LogP contribution is 2.44. The van der Waals surface area contributed by atoms with Crippen molar-refractivity contribution in [1.29, 1.82) is 0 Å². The van der Waals surface area contributed by atoms with Gasteiger partial charge in [0.1, 0.15) is 5.78 Å². The second kappa shape index (κ2) is 6.01. The van der Waals surface area contributed by atoms with Gasteiger partial charge in [-0.2, -0.15) is 0 Å². The molecule has 3 rings (SSSR count). The van der Waals surface area contributed by atoms with Crippen LogP contribution in [0.5, 0.6) is 0 Å². The maximum Gasteiger partial charge on any atom is 0.137 e. The normalized spacial score (nSPS) is 34.6. The number of nitrogens with zero attached hydrogens (tertiary/aromatic N) is 1. The third kappa shape index (κ3) is 2.85. The Kier molecular flexibility index (Phi) is 4.60. The number of piperidine rings is 1. The van der Waals surface area contributed by atoms with Crippen molar-refractivity contribution in [2.24, 2.45) is 17.8 Å². The minimum absolute atomic E-state index is 0. The summed E-state index contributed by atoms with van der Waals surface area (Å²) >= 11 is 0. The highest BCUT2D eigenvalue weighted by atomic mass is 16.1. The molecular formula is C16H27NO. The third-order valence-corrected chi connectivity index (χ3v) is 4.82. The molecule has 1 heterocycles. The van der Waals surface area contributed by atoms with Crippen LogP contribution in [0.2, 0.25) is 0 Å². The van der Waals surface area contributed by atoms with E-state index in [9.17, 15) is 4.79 Å². The average Bonchev–Trinajstić information content (AvgIpc) is 2.99. The zero-order valence-electron chi connectivity index (χ0n) is 10.6. The summed E-state index contributed by atoms with van der Waals surface area (Å²) in [7, 11) is 0. The van der Waals surface area contributed by atoms with E-state index in [0.717, 1.165) is 25.3 Å². The van der Waals surface area contributed by atoms with E-state index in [0.29, 0.717) is 17.6 Å². The van der Waals surface area contributed by atoms with Crippen LogP contribution >= 0.6 is 0 Å². The first-order valence-electron chi connectivity index (χ1n) is 7.26. The molecule has 1 saturated heterocycles. The predicted molar refractivity (Wildman–Crippen MR) is 75.5 cm³/mol. The summed E-state index contributed by atoms with van der Waals surface area (Å²) in [5.41, 5.74) is 0. The van der Waals surface area contributed by atoms with E-state index in [1.165, 1.54) is 38.8 Å². The van der Waals surface area contributed by atoms with Gasteiger partial charge in [-0.3, -0.25) is 4.79 Å². The molecule has 102 valence electrons. The highest BCUT2D eigenvalue weighted by molar-refractivity contribution is 5.82. The van der Waals surface area contributed by atoms with Gasteiger partial charge in [-0.1, -0.05) is 26.0 Å². The maximum absolute atomic E-state index is 12.2. The Balaban J connectivity index is 0.00000120. The molecule has 2 aliphatic carbocycles. The Hall–Kier alpha value is -0.630. The molecule has 0 aromatic heterocycles. The summed E-state index contributed by atoms with van der Waals surface area (Å²) < 4.78 is 0. The van der Waals surface area contributed by atoms with Gasteiger partial charge in [0.25, 0.3) is 0 Å². The first-order chi connectivity index (χ1) is 8.33. The van der Waals surface area contributed by atoms with Crippen molar-refractivity contribution >= 4 is 5.78 Å². The quantitative estimate of drug-likeness (QED) is 0.713. The van der Waals surface area contributed by atoms with Gasteiger partial charge < -0.3 is 4.90 Å².